The number of tetrazole rings is 1. The van der Waals surface area contributed by atoms with Gasteiger partial charge in [0.1, 0.15) is 0 Å². The standard InChI is InChI=1S/C20H25N7O3S2/c1-14-6-8-15(9-7-14)27-20(22-23-24-27)31-13-19(28)21-17-12-16(32(29,30)26(4)5)10-11-18(17)25(2)3/h6-12H,13H2,1-5H3,(H,21,28). The van der Waals surface area contributed by atoms with Crippen molar-refractivity contribution in [2.24, 2.45) is 0 Å². The molecule has 170 valence electrons. The molecule has 1 amide bonds. The van der Waals surface area contributed by atoms with Gasteiger partial charge in [-0.05, 0) is 47.7 Å². The molecule has 1 N–H and O–H groups in total. The molecule has 0 bridgehead atoms. The van der Waals surface area contributed by atoms with Crippen LogP contribution in [0.1, 0.15) is 5.56 Å². The van der Waals surface area contributed by atoms with E-state index in [0.717, 1.165) is 15.6 Å². The Kier molecular flexibility index (Phi) is 7.16. The van der Waals surface area contributed by atoms with Crippen LogP contribution in [0.25, 0.3) is 5.69 Å². The van der Waals surface area contributed by atoms with Crippen LogP contribution in [0.15, 0.2) is 52.5 Å². The number of carbonyl (C=O) groups excluding carboxylic acids is 1. The van der Waals surface area contributed by atoms with Crippen LogP contribution >= 0.6 is 11.8 Å². The van der Waals surface area contributed by atoms with E-state index in [1.807, 2.05) is 45.3 Å². The molecule has 0 aliphatic heterocycles. The van der Waals surface area contributed by atoms with Crippen molar-refractivity contribution < 1.29 is 13.2 Å². The maximum atomic E-state index is 12.7. The van der Waals surface area contributed by atoms with Crippen molar-refractivity contribution >= 4 is 39.1 Å². The van der Waals surface area contributed by atoms with Gasteiger partial charge in [0.25, 0.3) is 0 Å². The first-order valence-electron chi connectivity index (χ1n) is 9.61. The number of nitrogens with zero attached hydrogens (tertiary/aromatic N) is 6. The van der Waals surface area contributed by atoms with Crippen LogP contribution in [0.3, 0.4) is 0 Å². The predicted molar refractivity (Wildman–Crippen MR) is 125 cm³/mol. The summed E-state index contributed by atoms with van der Waals surface area (Å²) in [5.41, 5.74) is 3.00. The highest BCUT2D eigenvalue weighted by atomic mass is 32.2. The van der Waals surface area contributed by atoms with Crippen LogP contribution in [0, 0.1) is 6.92 Å². The summed E-state index contributed by atoms with van der Waals surface area (Å²) in [5, 5.41) is 15.0. The zero-order valence-corrected chi connectivity index (χ0v) is 20.1. The Hall–Kier alpha value is -2.96. The maximum Gasteiger partial charge on any atom is 0.242 e. The van der Waals surface area contributed by atoms with Gasteiger partial charge in [-0.25, -0.2) is 12.7 Å². The zero-order valence-electron chi connectivity index (χ0n) is 18.5. The number of aromatic nitrogens is 4. The van der Waals surface area contributed by atoms with Crippen molar-refractivity contribution in [2.75, 3.05) is 44.2 Å². The maximum absolute atomic E-state index is 12.7. The molecular formula is C20H25N7O3S2. The van der Waals surface area contributed by atoms with Crippen LogP contribution in [0.4, 0.5) is 11.4 Å². The Morgan fingerprint density at radius 3 is 2.41 bits per heavy atom. The molecule has 0 aliphatic rings. The van der Waals surface area contributed by atoms with Crippen LogP contribution in [0.5, 0.6) is 0 Å². The average Bonchev–Trinajstić information content (AvgIpc) is 3.21. The highest BCUT2D eigenvalue weighted by Gasteiger charge is 2.20. The third kappa shape index (κ3) is 5.26. The number of benzene rings is 2. The quantitative estimate of drug-likeness (QED) is 0.492. The van der Waals surface area contributed by atoms with Gasteiger partial charge in [0.2, 0.25) is 21.1 Å². The van der Waals surface area contributed by atoms with E-state index in [4.69, 9.17) is 0 Å². The first kappa shape index (κ1) is 23.7. The Labute approximate surface area is 191 Å². The third-order valence-corrected chi connectivity index (χ3v) is 7.28. The second kappa shape index (κ2) is 9.67. The van der Waals surface area contributed by atoms with Crippen molar-refractivity contribution in [3.05, 3.63) is 48.0 Å². The van der Waals surface area contributed by atoms with E-state index in [1.165, 1.54) is 38.0 Å². The lowest BCUT2D eigenvalue weighted by molar-refractivity contribution is -0.113. The molecule has 1 aromatic heterocycles. The molecule has 1 heterocycles. The van der Waals surface area contributed by atoms with Gasteiger partial charge in [-0.15, -0.1) is 5.10 Å². The van der Waals surface area contributed by atoms with Crippen LogP contribution in [0.2, 0.25) is 0 Å². The lowest BCUT2D eigenvalue weighted by Gasteiger charge is -2.20. The molecule has 0 spiro atoms. The van der Waals surface area contributed by atoms with E-state index < -0.39 is 10.0 Å². The summed E-state index contributed by atoms with van der Waals surface area (Å²) in [7, 11) is 2.92. The number of aryl methyl sites for hydroxylation is 1. The van der Waals surface area contributed by atoms with Crippen LogP contribution < -0.4 is 10.2 Å². The molecule has 3 aromatic rings. The molecule has 0 saturated heterocycles. The van der Waals surface area contributed by atoms with Gasteiger partial charge in [-0.2, -0.15) is 4.68 Å². The minimum atomic E-state index is -3.64. The molecule has 0 saturated carbocycles. The van der Waals surface area contributed by atoms with Crippen LogP contribution in [-0.2, 0) is 14.8 Å². The molecule has 0 unspecified atom stereocenters. The van der Waals surface area contributed by atoms with Crippen molar-refractivity contribution in [1.29, 1.82) is 0 Å². The van der Waals surface area contributed by atoms with Gasteiger partial charge < -0.3 is 10.2 Å². The number of rotatable bonds is 8. The van der Waals surface area contributed by atoms with Gasteiger partial charge >= 0.3 is 0 Å². The SMILES string of the molecule is Cc1ccc(-n2nnnc2SCC(=O)Nc2cc(S(=O)(=O)N(C)C)ccc2N(C)C)cc1. The van der Waals surface area contributed by atoms with Gasteiger partial charge in [0.15, 0.2) is 0 Å². The summed E-state index contributed by atoms with van der Waals surface area (Å²) in [6.07, 6.45) is 0. The molecule has 0 atom stereocenters. The fourth-order valence-corrected chi connectivity index (χ4v) is 4.43. The molecule has 10 nitrogen and oxygen atoms in total. The topological polar surface area (TPSA) is 113 Å². The number of hydrogen-bond donors (Lipinski definition) is 1. The Morgan fingerprint density at radius 2 is 1.78 bits per heavy atom. The Balaban J connectivity index is 1.77. The monoisotopic (exact) mass is 475 g/mol. The number of hydrogen-bond acceptors (Lipinski definition) is 8. The number of amides is 1. The van der Waals surface area contributed by atoms with Crippen LogP contribution in [-0.4, -0.2) is 72.8 Å². The Morgan fingerprint density at radius 1 is 1.09 bits per heavy atom. The minimum Gasteiger partial charge on any atom is -0.376 e. The smallest absolute Gasteiger partial charge is 0.242 e. The Bertz CT molecular complexity index is 1210. The second-order valence-corrected chi connectivity index (χ2v) is 10.5. The fraction of sp³-hybridized carbons (Fsp3) is 0.300. The average molecular weight is 476 g/mol. The summed E-state index contributed by atoms with van der Waals surface area (Å²) in [5.74, 6) is -0.264. The van der Waals surface area contributed by atoms with Crippen molar-refractivity contribution in [3.8, 4) is 5.69 Å². The van der Waals surface area contributed by atoms with E-state index in [9.17, 15) is 13.2 Å². The van der Waals surface area contributed by atoms with E-state index in [-0.39, 0.29) is 16.6 Å². The highest BCUT2D eigenvalue weighted by Crippen LogP contribution is 2.29. The third-order valence-electron chi connectivity index (χ3n) is 4.55. The van der Waals surface area contributed by atoms with E-state index in [1.54, 1.807) is 15.6 Å². The summed E-state index contributed by atoms with van der Waals surface area (Å²) < 4.78 is 27.7. The van der Waals surface area contributed by atoms with Gasteiger partial charge in [0.05, 0.1) is 27.7 Å². The van der Waals surface area contributed by atoms with E-state index in [2.05, 4.69) is 20.8 Å². The normalized spacial score (nSPS) is 11.6. The summed E-state index contributed by atoms with van der Waals surface area (Å²) in [4.78, 5) is 14.6. The molecule has 32 heavy (non-hydrogen) atoms. The van der Waals surface area contributed by atoms with Crippen molar-refractivity contribution in [2.45, 2.75) is 17.0 Å². The lowest BCUT2D eigenvalue weighted by atomic mass is 10.2. The lowest BCUT2D eigenvalue weighted by Crippen LogP contribution is -2.23. The number of nitrogens with one attached hydrogen (secondary N) is 1. The summed E-state index contributed by atoms with van der Waals surface area (Å²) >= 11 is 1.18. The number of thioether (sulfide) groups is 1. The molecule has 3 rings (SSSR count). The number of sulfonamides is 1. The predicted octanol–water partition coefficient (Wildman–Crippen LogP) is 2.02. The summed E-state index contributed by atoms with van der Waals surface area (Å²) in [6.45, 7) is 1.99. The fourth-order valence-electron chi connectivity index (χ4n) is 2.81. The highest BCUT2D eigenvalue weighted by molar-refractivity contribution is 7.99. The molecule has 12 heteroatoms. The number of anilines is 2. The van der Waals surface area contributed by atoms with Crippen molar-refractivity contribution in [1.82, 2.24) is 24.5 Å². The molecule has 0 aliphatic carbocycles. The van der Waals surface area contributed by atoms with Gasteiger partial charge in [0, 0.05) is 28.2 Å². The zero-order chi connectivity index (χ0) is 23.5. The summed E-state index contributed by atoms with van der Waals surface area (Å²) in [6, 6.07) is 12.3. The molecule has 0 fully saturated rings. The van der Waals surface area contributed by atoms with Gasteiger partial charge in [-0.3, -0.25) is 4.79 Å². The first-order valence-corrected chi connectivity index (χ1v) is 12.0. The first-order chi connectivity index (χ1) is 15.1. The van der Waals surface area contributed by atoms with Gasteiger partial charge in [-0.1, -0.05) is 29.5 Å². The van der Waals surface area contributed by atoms with E-state index >= 15 is 0 Å². The second-order valence-electron chi connectivity index (χ2n) is 7.41. The molecule has 0 radical (unpaired) electrons. The largest absolute Gasteiger partial charge is 0.376 e. The van der Waals surface area contributed by atoms with E-state index in [0.29, 0.717) is 16.5 Å². The van der Waals surface area contributed by atoms with Crippen molar-refractivity contribution in [3.63, 3.8) is 0 Å². The minimum absolute atomic E-state index is 0.0454. The molecular weight excluding hydrogens is 450 g/mol. The number of carbonyl (C=O) groups is 1. The molecule has 2 aromatic carbocycles.